The number of fused-ring (bicyclic) bond motifs is 1. The molecule has 0 aromatic heterocycles. The number of rotatable bonds is 5. The Kier molecular flexibility index (Phi) is 3.33. The van der Waals surface area contributed by atoms with Gasteiger partial charge in [0.1, 0.15) is 0 Å². The molecule has 0 aromatic rings. The first-order valence-corrected chi connectivity index (χ1v) is 8.37. The largest absolute Gasteiger partial charge is 0.381 e. The predicted octanol–water partition coefficient (Wildman–Crippen LogP) is 1.88. The minimum Gasteiger partial charge on any atom is -0.381 e. The van der Waals surface area contributed by atoms with Gasteiger partial charge in [0.05, 0.1) is 6.61 Å². The molecule has 0 amide bonds. The predicted molar refractivity (Wildman–Crippen MR) is 76.2 cm³/mol. The molecule has 2 saturated heterocycles. The van der Waals surface area contributed by atoms with Gasteiger partial charge >= 0.3 is 0 Å². The van der Waals surface area contributed by atoms with Crippen molar-refractivity contribution in [2.24, 2.45) is 17.3 Å². The summed E-state index contributed by atoms with van der Waals surface area (Å²) in [6.07, 6.45) is 8.52. The Bertz CT molecular complexity index is 311. The molecule has 2 heterocycles. The summed E-state index contributed by atoms with van der Waals surface area (Å²) in [6, 6.07) is 0.829. The normalized spacial score (nSPS) is 42.9. The van der Waals surface area contributed by atoms with E-state index < -0.39 is 0 Å². The van der Waals surface area contributed by atoms with Crippen LogP contribution in [0.5, 0.6) is 0 Å². The molecule has 1 N–H and O–H groups in total. The molecule has 0 spiro atoms. The van der Waals surface area contributed by atoms with E-state index in [1.54, 1.807) is 0 Å². The van der Waals surface area contributed by atoms with Crippen LogP contribution in [0.25, 0.3) is 0 Å². The van der Waals surface area contributed by atoms with Crippen LogP contribution in [0, 0.1) is 17.3 Å². The van der Waals surface area contributed by atoms with E-state index in [4.69, 9.17) is 4.74 Å². The maximum absolute atomic E-state index is 5.75. The van der Waals surface area contributed by atoms with Gasteiger partial charge < -0.3 is 15.0 Å². The average Bonchev–Trinajstić information content (AvgIpc) is 2.79. The SMILES string of the molecule is C1CC2CN(CC3(CNC4CC4)CCOC3)CC2C1. The van der Waals surface area contributed by atoms with Gasteiger partial charge in [0.2, 0.25) is 0 Å². The van der Waals surface area contributed by atoms with Crippen LogP contribution in [0.4, 0.5) is 0 Å². The van der Waals surface area contributed by atoms with Crippen LogP contribution in [0.15, 0.2) is 0 Å². The number of likely N-dealkylation sites (tertiary alicyclic amines) is 1. The molecular formula is C16H28N2O. The molecule has 4 rings (SSSR count). The fraction of sp³-hybridized carbons (Fsp3) is 1.00. The van der Waals surface area contributed by atoms with Crippen molar-refractivity contribution in [2.75, 3.05) is 39.4 Å². The highest BCUT2D eigenvalue weighted by Gasteiger charge is 2.42. The van der Waals surface area contributed by atoms with Crippen molar-refractivity contribution in [3.05, 3.63) is 0 Å². The monoisotopic (exact) mass is 264 g/mol. The van der Waals surface area contributed by atoms with E-state index in [-0.39, 0.29) is 0 Å². The number of nitrogens with one attached hydrogen (secondary N) is 1. The van der Waals surface area contributed by atoms with Crippen LogP contribution in [0.3, 0.4) is 0 Å². The van der Waals surface area contributed by atoms with Crippen LogP contribution < -0.4 is 5.32 Å². The summed E-state index contributed by atoms with van der Waals surface area (Å²) in [7, 11) is 0. The molecule has 19 heavy (non-hydrogen) atoms. The van der Waals surface area contributed by atoms with Crippen molar-refractivity contribution in [2.45, 2.75) is 44.6 Å². The first kappa shape index (κ1) is 12.6. The maximum atomic E-state index is 5.75. The van der Waals surface area contributed by atoms with Gasteiger partial charge in [0.15, 0.2) is 0 Å². The molecule has 3 heteroatoms. The van der Waals surface area contributed by atoms with Crippen molar-refractivity contribution >= 4 is 0 Å². The summed E-state index contributed by atoms with van der Waals surface area (Å²) in [4.78, 5) is 2.76. The highest BCUT2D eigenvalue weighted by atomic mass is 16.5. The molecule has 3 nitrogen and oxygen atoms in total. The Morgan fingerprint density at radius 3 is 2.53 bits per heavy atom. The van der Waals surface area contributed by atoms with Gasteiger partial charge in [-0.25, -0.2) is 0 Å². The second kappa shape index (κ2) is 5.01. The summed E-state index contributed by atoms with van der Waals surface area (Å²) in [6.45, 7) is 7.17. The van der Waals surface area contributed by atoms with Gasteiger partial charge in [-0.3, -0.25) is 0 Å². The summed E-state index contributed by atoms with van der Waals surface area (Å²) < 4.78 is 5.75. The van der Waals surface area contributed by atoms with Gasteiger partial charge in [-0.05, 0) is 43.9 Å². The fourth-order valence-electron chi connectivity index (χ4n) is 4.55. The lowest BCUT2D eigenvalue weighted by molar-refractivity contribution is 0.115. The van der Waals surface area contributed by atoms with Crippen LogP contribution in [-0.4, -0.2) is 50.3 Å². The number of nitrogens with zero attached hydrogens (tertiary/aromatic N) is 1. The minimum atomic E-state index is 0.418. The Labute approximate surface area is 117 Å². The lowest BCUT2D eigenvalue weighted by Gasteiger charge is -2.33. The van der Waals surface area contributed by atoms with E-state index >= 15 is 0 Å². The van der Waals surface area contributed by atoms with Crippen molar-refractivity contribution in [3.63, 3.8) is 0 Å². The van der Waals surface area contributed by atoms with Gasteiger partial charge in [-0.15, -0.1) is 0 Å². The van der Waals surface area contributed by atoms with Crippen molar-refractivity contribution in [1.82, 2.24) is 10.2 Å². The topological polar surface area (TPSA) is 24.5 Å². The molecule has 3 atom stereocenters. The molecule has 2 aliphatic heterocycles. The highest BCUT2D eigenvalue weighted by molar-refractivity contribution is 4.95. The first-order chi connectivity index (χ1) is 9.33. The maximum Gasteiger partial charge on any atom is 0.0547 e. The average molecular weight is 264 g/mol. The smallest absolute Gasteiger partial charge is 0.0547 e. The summed E-state index contributed by atoms with van der Waals surface area (Å²) in [5, 5.41) is 3.76. The molecule has 0 aromatic carbocycles. The van der Waals surface area contributed by atoms with E-state index in [1.165, 1.54) is 64.7 Å². The molecule has 2 aliphatic carbocycles. The van der Waals surface area contributed by atoms with Crippen LogP contribution in [0.2, 0.25) is 0 Å². The lowest BCUT2D eigenvalue weighted by atomic mass is 9.86. The van der Waals surface area contributed by atoms with E-state index in [1.807, 2.05) is 0 Å². The Hall–Kier alpha value is -0.120. The van der Waals surface area contributed by atoms with E-state index in [0.29, 0.717) is 5.41 Å². The second-order valence-electron chi connectivity index (χ2n) is 7.60. The summed E-state index contributed by atoms with van der Waals surface area (Å²) >= 11 is 0. The third kappa shape index (κ3) is 2.70. The molecule has 2 saturated carbocycles. The van der Waals surface area contributed by atoms with Crippen LogP contribution >= 0.6 is 0 Å². The van der Waals surface area contributed by atoms with E-state index in [0.717, 1.165) is 31.1 Å². The van der Waals surface area contributed by atoms with E-state index in [9.17, 15) is 0 Å². The van der Waals surface area contributed by atoms with Gasteiger partial charge in [0, 0.05) is 44.2 Å². The standard InChI is InChI=1S/C16H28N2O/c1-2-13-8-18(9-14(13)3-1)11-16(6-7-19-12-16)10-17-15-4-5-15/h13-15,17H,1-12H2. The van der Waals surface area contributed by atoms with Crippen molar-refractivity contribution in [1.29, 1.82) is 0 Å². The number of hydrogen-bond donors (Lipinski definition) is 1. The molecule has 0 radical (unpaired) electrons. The van der Waals surface area contributed by atoms with E-state index in [2.05, 4.69) is 10.2 Å². The fourth-order valence-corrected chi connectivity index (χ4v) is 4.55. The zero-order chi connectivity index (χ0) is 12.7. The Balaban J connectivity index is 1.35. The molecular weight excluding hydrogens is 236 g/mol. The molecule has 4 fully saturated rings. The Morgan fingerprint density at radius 2 is 1.89 bits per heavy atom. The molecule has 0 bridgehead atoms. The van der Waals surface area contributed by atoms with Crippen molar-refractivity contribution < 1.29 is 4.74 Å². The number of ether oxygens (including phenoxy) is 1. The zero-order valence-electron chi connectivity index (χ0n) is 12.1. The third-order valence-electron chi connectivity index (χ3n) is 5.89. The highest BCUT2D eigenvalue weighted by Crippen LogP contribution is 2.40. The minimum absolute atomic E-state index is 0.418. The van der Waals surface area contributed by atoms with Crippen LogP contribution in [0.1, 0.15) is 38.5 Å². The number of hydrogen-bond acceptors (Lipinski definition) is 3. The lowest BCUT2D eigenvalue weighted by Crippen LogP contribution is -2.45. The quantitative estimate of drug-likeness (QED) is 0.820. The third-order valence-corrected chi connectivity index (χ3v) is 5.89. The Morgan fingerprint density at radius 1 is 1.11 bits per heavy atom. The second-order valence-corrected chi connectivity index (χ2v) is 7.60. The van der Waals surface area contributed by atoms with Gasteiger partial charge in [-0.1, -0.05) is 6.42 Å². The molecule has 3 unspecified atom stereocenters. The summed E-state index contributed by atoms with van der Waals surface area (Å²) in [5.41, 5.74) is 0.418. The van der Waals surface area contributed by atoms with Gasteiger partial charge in [0.25, 0.3) is 0 Å². The zero-order valence-corrected chi connectivity index (χ0v) is 12.1. The molecule has 4 aliphatic rings. The summed E-state index contributed by atoms with van der Waals surface area (Å²) in [5.74, 6) is 2.05. The van der Waals surface area contributed by atoms with Crippen molar-refractivity contribution in [3.8, 4) is 0 Å². The first-order valence-electron chi connectivity index (χ1n) is 8.37. The van der Waals surface area contributed by atoms with Gasteiger partial charge in [-0.2, -0.15) is 0 Å². The molecule has 108 valence electrons. The van der Waals surface area contributed by atoms with Crippen LogP contribution in [-0.2, 0) is 4.74 Å².